The molecule has 0 saturated heterocycles. The minimum atomic E-state index is -0.220. The molecular weight excluding hydrogens is 218 g/mol. The van der Waals surface area contributed by atoms with E-state index in [1.54, 1.807) is 17.8 Å². The van der Waals surface area contributed by atoms with Crippen LogP contribution in [0.3, 0.4) is 0 Å². The normalized spacial score (nSPS) is 12.8. The molecule has 5 heteroatoms. The summed E-state index contributed by atoms with van der Waals surface area (Å²) in [5, 5.41) is 16.2. The van der Waals surface area contributed by atoms with E-state index in [0.717, 1.165) is 12.1 Å². The quantitative estimate of drug-likeness (QED) is 0.796. The third-order valence-electron chi connectivity index (χ3n) is 2.84. The minimum absolute atomic E-state index is 0.0537. The monoisotopic (exact) mass is 239 g/mol. The molecule has 0 fully saturated rings. The first kappa shape index (κ1) is 13.7. The van der Waals surface area contributed by atoms with Crippen LogP contribution in [0, 0.1) is 5.92 Å². The molecule has 1 heterocycles. The number of nitrogens with one attached hydrogen (secondary N) is 1. The van der Waals surface area contributed by atoms with Crippen LogP contribution in [-0.2, 0) is 13.5 Å². The van der Waals surface area contributed by atoms with Gasteiger partial charge in [0, 0.05) is 7.05 Å². The second-order valence-corrected chi connectivity index (χ2v) is 4.50. The van der Waals surface area contributed by atoms with E-state index in [-0.39, 0.29) is 24.5 Å². The number of aryl methyl sites for hydroxylation is 2. The number of carbonyl (C=O) groups is 1. The Hall–Kier alpha value is -1.36. The van der Waals surface area contributed by atoms with Gasteiger partial charge in [-0.1, -0.05) is 20.8 Å². The highest BCUT2D eigenvalue weighted by atomic mass is 16.3. The van der Waals surface area contributed by atoms with Crippen molar-refractivity contribution in [1.82, 2.24) is 15.1 Å². The van der Waals surface area contributed by atoms with Crippen LogP contribution in [0.25, 0.3) is 0 Å². The van der Waals surface area contributed by atoms with Crippen molar-refractivity contribution in [2.45, 2.75) is 33.2 Å². The van der Waals surface area contributed by atoms with Gasteiger partial charge in [-0.05, 0) is 18.4 Å². The Morgan fingerprint density at radius 2 is 2.24 bits per heavy atom. The predicted molar refractivity (Wildman–Crippen MR) is 65.8 cm³/mol. The van der Waals surface area contributed by atoms with Crippen molar-refractivity contribution in [3.05, 3.63) is 17.5 Å². The summed E-state index contributed by atoms with van der Waals surface area (Å²) in [7, 11) is 1.75. The van der Waals surface area contributed by atoms with Crippen LogP contribution in [0.2, 0.25) is 0 Å². The lowest BCUT2D eigenvalue weighted by molar-refractivity contribution is 0.0887. The number of hydrogen-bond acceptors (Lipinski definition) is 3. The highest BCUT2D eigenvalue weighted by Gasteiger charge is 2.18. The van der Waals surface area contributed by atoms with Crippen LogP contribution in [0.4, 0.5) is 0 Å². The number of nitrogens with zero attached hydrogens (tertiary/aromatic N) is 2. The number of aliphatic hydroxyl groups excluding tert-OH is 1. The average Bonchev–Trinajstić information content (AvgIpc) is 2.66. The Morgan fingerprint density at radius 3 is 2.65 bits per heavy atom. The molecule has 1 unspecified atom stereocenters. The zero-order valence-corrected chi connectivity index (χ0v) is 10.9. The van der Waals surface area contributed by atoms with Gasteiger partial charge in [0.05, 0.1) is 18.3 Å². The lowest BCUT2D eigenvalue weighted by atomic mass is 10.1. The molecule has 96 valence electrons. The number of hydrogen-bond donors (Lipinski definition) is 2. The number of aromatic nitrogens is 2. The zero-order valence-electron chi connectivity index (χ0n) is 10.9. The molecule has 1 aromatic rings. The molecule has 0 bridgehead atoms. The summed E-state index contributed by atoms with van der Waals surface area (Å²) in [4.78, 5) is 12.0. The maximum absolute atomic E-state index is 12.0. The maximum Gasteiger partial charge on any atom is 0.269 e. The summed E-state index contributed by atoms with van der Waals surface area (Å²) < 4.78 is 1.57. The molecule has 0 aliphatic rings. The molecule has 1 atom stereocenters. The number of rotatable bonds is 5. The van der Waals surface area contributed by atoms with Crippen LogP contribution in [0.15, 0.2) is 6.07 Å². The second kappa shape index (κ2) is 5.82. The van der Waals surface area contributed by atoms with E-state index in [1.807, 2.05) is 20.8 Å². The number of amides is 1. The molecule has 1 aromatic heterocycles. The van der Waals surface area contributed by atoms with E-state index in [4.69, 9.17) is 0 Å². The molecule has 17 heavy (non-hydrogen) atoms. The van der Waals surface area contributed by atoms with E-state index in [1.165, 1.54) is 0 Å². The van der Waals surface area contributed by atoms with Gasteiger partial charge in [-0.3, -0.25) is 9.48 Å². The zero-order chi connectivity index (χ0) is 13.0. The first-order valence-corrected chi connectivity index (χ1v) is 5.94. The van der Waals surface area contributed by atoms with Crippen LogP contribution in [0.5, 0.6) is 0 Å². The average molecular weight is 239 g/mol. The van der Waals surface area contributed by atoms with Gasteiger partial charge in [0.25, 0.3) is 5.91 Å². The minimum Gasteiger partial charge on any atom is -0.394 e. The Balaban J connectivity index is 2.78. The van der Waals surface area contributed by atoms with E-state index in [9.17, 15) is 9.90 Å². The van der Waals surface area contributed by atoms with Gasteiger partial charge in [-0.25, -0.2) is 0 Å². The fraction of sp³-hybridized carbons (Fsp3) is 0.667. The second-order valence-electron chi connectivity index (χ2n) is 4.50. The van der Waals surface area contributed by atoms with Crippen molar-refractivity contribution in [3.8, 4) is 0 Å². The van der Waals surface area contributed by atoms with Crippen molar-refractivity contribution < 1.29 is 9.90 Å². The van der Waals surface area contributed by atoms with Crippen molar-refractivity contribution in [2.24, 2.45) is 13.0 Å². The fourth-order valence-electron chi connectivity index (χ4n) is 1.58. The third-order valence-corrected chi connectivity index (χ3v) is 2.84. The fourth-order valence-corrected chi connectivity index (χ4v) is 1.58. The van der Waals surface area contributed by atoms with Gasteiger partial charge in [0.2, 0.25) is 0 Å². The topological polar surface area (TPSA) is 67.2 Å². The molecule has 1 amide bonds. The van der Waals surface area contributed by atoms with Crippen LogP contribution < -0.4 is 5.32 Å². The Labute approximate surface area is 102 Å². The van der Waals surface area contributed by atoms with Crippen LogP contribution in [-0.4, -0.2) is 33.4 Å². The van der Waals surface area contributed by atoms with Crippen LogP contribution >= 0.6 is 0 Å². The number of carbonyl (C=O) groups excluding carboxylic acids is 1. The van der Waals surface area contributed by atoms with Crippen molar-refractivity contribution in [2.75, 3.05) is 6.61 Å². The Kier molecular flexibility index (Phi) is 4.69. The summed E-state index contributed by atoms with van der Waals surface area (Å²) in [6.07, 6.45) is 0.800. The highest BCUT2D eigenvalue weighted by Crippen LogP contribution is 2.06. The molecule has 0 saturated carbocycles. The van der Waals surface area contributed by atoms with Gasteiger partial charge in [-0.15, -0.1) is 0 Å². The molecule has 1 rings (SSSR count). The van der Waals surface area contributed by atoms with Gasteiger partial charge >= 0.3 is 0 Å². The molecular formula is C12H21N3O2. The summed E-state index contributed by atoms with van der Waals surface area (Å²) in [6, 6.07) is 1.56. The molecule has 0 radical (unpaired) electrons. The van der Waals surface area contributed by atoms with Crippen molar-refractivity contribution in [1.29, 1.82) is 0 Å². The molecule has 2 N–H and O–H groups in total. The Morgan fingerprint density at radius 1 is 1.59 bits per heavy atom. The lowest BCUT2D eigenvalue weighted by Gasteiger charge is -2.19. The molecule has 0 aliphatic heterocycles. The van der Waals surface area contributed by atoms with E-state index >= 15 is 0 Å². The highest BCUT2D eigenvalue weighted by molar-refractivity contribution is 5.92. The van der Waals surface area contributed by atoms with E-state index < -0.39 is 0 Å². The van der Waals surface area contributed by atoms with Gasteiger partial charge in [0.15, 0.2) is 0 Å². The summed E-state index contributed by atoms with van der Waals surface area (Å²) in [5.74, 6) is 0.00951. The number of aliphatic hydroxyl groups is 1. The SMILES string of the molecule is CCc1cc(C(=O)NC(CO)C(C)C)n(C)n1. The van der Waals surface area contributed by atoms with Crippen molar-refractivity contribution in [3.63, 3.8) is 0 Å². The van der Waals surface area contributed by atoms with Crippen molar-refractivity contribution >= 4 is 5.91 Å². The summed E-state index contributed by atoms with van der Waals surface area (Å²) >= 11 is 0. The third kappa shape index (κ3) is 3.30. The first-order valence-electron chi connectivity index (χ1n) is 5.94. The van der Waals surface area contributed by atoms with Gasteiger partial charge < -0.3 is 10.4 Å². The summed E-state index contributed by atoms with van der Waals surface area (Å²) in [5.41, 5.74) is 1.42. The van der Waals surface area contributed by atoms with E-state index in [2.05, 4.69) is 10.4 Å². The standard InChI is InChI=1S/C12H21N3O2/c1-5-9-6-11(15(4)14-9)12(17)13-10(7-16)8(2)3/h6,8,10,16H,5,7H2,1-4H3,(H,13,17). The van der Waals surface area contributed by atoms with Gasteiger partial charge in [0.1, 0.15) is 5.69 Å². The molecule has 5 nitrogen and oxygen atoms in total. The first-order chi connectivity index (χ1) is 7.99. The molecule has 0 aliphatic carbocycles. The summed E-state index contributed by atoms with van der Waals surface area (Å²) in [6.45, 7) is 5.86. The predicted octanol–water partition coefficient (Wildman–Crippen LogP) is 0.729. The van der Waals surface area contributed by atoms with Gasteiger partial charge in [-0.2, -0.15) is 5.10 Å². The molecule has 0 aromatic carbocycles. The Bertz CT molecular complexity index is 385. The maximum atomic E-state index is 12.0. The molecule has 0 spiro atoms. The lowest BCUT2D eigenvalue weighted by Crippen LogP contribution is -2.41. The largest absolute Gasteiger partial charge is 0.394 e. The smallest absolute Gasteiger partial charge is 0.269 e. The van der Waals surface area contributed by atoms with Crippen LogP contribution in [0.1, 0.15) is 37.0 Å². The van der Waals surface area contributed by atoms with E-state index in [0.29, 0.717) is 5.69 Å².